The fourth-order valence-electron chi connectivity index (χ4n) is 4.52. The quantitative estimate of drug-likeness (QED) is 0.621. The van der Waals surface area contributed by atoms with Crippen LogP contribution in [-0.2, 0) is 11.2 Å². The molecule has 1 saturated heterocycles. The van der Waals surface area contributed by atoms with Crippen molar-refractivity contribution in [3.8, 4) is 6.07 Å². The summed E-state index contributed by atoms with van der Waals surface area (Å²) in [5, 5.41) is 33.0. The number of nitriles is 1. The lowest BCUT2D eigenvalue weighted by Gasteiger charge is -2.41. The fourth-order valence-corrected chi connectivity index (χ4v) is 4.52. The number of anilines is 1. The van der Waals surface area contributed by atoms with Crippen molar-refractivity contribution in [3.63, 3.8) is 0 Å². The number of carboxylic acids is 1. The first-order valence-electron chi connectivity index (χ1n) is 10.3. The Morgan fingerprint density at radius 2 is 1.90 bits per heavy atom. The summed E-state index contributed by atoms with van der Waals surface area (Å²) in [5.74, 6) is -0.839. The predicted octanol–water partition coefficient (Wildman–Crippen LogP) is 3.27. The van der Waals surface area contributed by atoms with Crippen molar-refractivity contribution in [3.05, 3.63) is 65.7 Å². The third-order valence-electron chi connectivity index (χ3n) is 5.72. The smallest absolute Gasteiger partial charge is 0.304 e. The zero-order valence-corrected chi connectivity index (χ0v) is 17.5. The van der Waals surface area contributed by atoms with Crippen molar-refractivity contribution in [2.24, 2.45) is 0 Å². The van der Waals surface area contributed by atoms with E-state index in [4.69, 9.17) is 5.26 Å². The first kappa shape index (κ1) is 21.8. The summed E-state index contributed by atoms with van der Waals surface area (Å²) < 4.78 is 0. The lowest BCUT2D eigenvalue weighted by Crippen LogP contribution is -2.56. The predicted molar refractivity (Wildman–Crippen MR) is 116 cm³/mol. The molecule has 0 spiro atoms. The molecule has 6 heteroatoms. The van der Waals surface area contributed by atoms with Crippen LogP contribution in [0.2, 0.25) is 0 Å². The largest absolute Gasteiger partial charge is 0.481 e. The van der Waals surface area contributed by atoms with Crippen molar-refractivity contribution in [2.75, 3.05) is 11.9 Å². The summed E-state index contributed by atoms with van der Waals surface area (Å²) in [6, 6.07) is 18.7. The van der Waals surface area contributed by atoms with E-state index in [1.54, 1.807) is 26.0 Å². The van der Waals surface area contributed by atoms with Crippen molar-refractivity contribution >= 4 is 11.7 Å². The molecule has 3 atom stereocenters. The number of benzene rings is 2. The van der Waals surface area contributed by atoms with Crippen LogP contribution in [0.1, 0.15) is 37.8 Å². The van der Waals surface area contributed by atoms with Crippen LogP contribution in [0.25, 0.3) is 0 Å². The Morgan fingerprint density at radius 3 is 2.47 bits per heavy atom. The first-order chi connectivity index (χ1) is 14.3. The molecule has 3 N–H and O–H groups in total. The Morgan fingerprint density at radius 1 is 1.23 bits per heavy atom. The summed E-state index contributed by atoms with van der Waals surface area (Å²) in [4.78, 5) is 13.8. The van der Waals surface area contributed by atoms with Gasteiger partial charge in [0.2, 0.25) is 0 Å². The van der Waals surface area contributed by atoms with Crippen LogP contribution >= 0.6 is 0 Å². The van der Waals surface area contributed by atoms with Gasteiger partial charge >= 0.3 is 5.97 Å². The lowest BCUT2D eigenvalue weighted by atomic mass is 9.90. The number of carbonyl (C=O) groups is 1. The van der Waals surface area contributed by atoms with Gasteiger partial charge in [0.1, 0.15) is 0 Å². The molecular weight excluding hydrogens is 378 g/mol. The Balaban J connectivity index is 1.84. The SMILES string of the molecule is CC(C)(O)C1C(Nc2ccc(C#N)cc2)CCN1C(CC(=O)O)Cc1ccccc1. The molecule has 6 nitrogen and oxygen atoms in total. The highest BCUT2D eigenvalue weighted by atomic mass is 16.4. The second-order valence-electron chi connectivity index (χ2n) is 8.51. The summed E-state index contributed by atoms with van der Waals surface area (Å²) in [7, 11) is 0. The average molecular weight is 408 g/mol. The minimum Gasteiger partial charge on any atom is -0.481 e. The normalized spacial score (nSPS) is 20.5. The van der Waals surface area contributed by atoms with Gasteiger partial charge in [-0.1, -0.05) is 30.3 Å². The molecule has 2 aromatic rings. The molecule has 1 heterocycles. The number of aliphatic carboxylic acids is 1. The van der Waals surface area contributed by atoms with Gasteiger partial charge in [-0.05, 0) is 56.5 Å². The number of likely N-dealkylation sites (tertiary alicyclic amines) is 1. The minimum absolute atomic E-state index is 0.0189. The van der Waals surface area contributed by atoms with E-state index in [1.165, 1.54) is 0 Å². The zero-order chi connectivity index (χ0) is 21.7. The Labute approximate surface area is 177 Å². The highest BCUT2D eigenvalue weighted by Gasteiger charge is 2.46. The van der Waals surface area contributed by atoms with Crippen LogP contribution in [0.15, 0.2) is 54.6 Å². The number of hydrogen-bond donors (Lipinski definition) is 3. The maximum absolute atomic E-state index is 11.6. The summed E-state index contributed by atoms with van der Waals surface area (Å²) >= 11 is 0. The molecule has 0 bridgehead atoms. The standard InChI is InChI=1S/C24H29N3O3/c1-24(2,30)23-21(26-19-10-8-18(16-25)9-11-19)12-13-27(23)20(15-22(28)29)14-17-6-4-3-5-7-17/h3-11,20-21,23,26,30H,12-15H2,1-2H3,(H,28,29). The second kappa shape index (κ2) is 9.29. The highest BCUT2D eigenvalue weighted by Crippen LogP contribution is 2.33. The van der Waals surface area contributed by atoms with Crippen molar-refractivity contribution in [2.45, 2.75) is 56.8 Å². The molecule has 1 aliphatic rings. The molecule has 30 heavy (non-hydrogen) atoms. The molecule has 2 aromatic carbocycles. The topological polar surface area (TPSA) is 96.6 Å². The summed E-state index contributed by atoms with van der Waals surface area (Å²) in [6.45, 7) is 4.26. The zero-order valence-electron chi connectivity index (χ0n) is 17.5. The monoisotopic (exact) mass is 407 g/mol. The molecule has 3 unspecified atom stereocenters. The van der Waals surface area contributed by atoms with E-state index in [1.807, 2.05) is 42.5 Å². The van der Waals surface area contributed by atoms with E-state index < -0.39 is 11.6 Å². The third kappa shape index (κ3) is 5.38. The van der Waals surface area contributed by atoms with Crippen LogP contribution in [0.5, 0.6) is 0 Å². The van der Waals surface area contributed by atoms with Gasteiger partial charge in [0.25, 0.3) is 0 Å². The van der Waals surface area contributed by atoms with Crippen molar-refractivity contribution < 1.29 is 15.0 Å². The van der Waals surface area contributed by atoms with Crippen LogP contribution in [0.4, 0.5) is 5.69 Å². The van der Waals surface area contributed by atoms with E-state index in [2.05, 4.69) is 16.3 Å². The molecule has 0 saturated carbocycles. The van der Waals surface area contributed by atoms with Gasteiger partial charge in [-0.2, -0.15) is 5.26 Å². The van der Waals surface area contributed by atoms with Crippen LogP contribution in [-0.4, -0.2) is 51.4 Å². The summed E-state index contributed by atoms with van der Waals surface area (Å²) in [6.07, 6.45) is 1.42. The average Bonchev–Trinajstić information content (AvgIpc) is 3.12. The maximum atomic E-state index is 11.6. The minimum atomic E-state index is -1.02. The van der Waals surface area contributed by atoms with E-state index in [0.29, 0.717) is 18.5 Å². The van der Waals surface area contributed by atoms with E-state index in [9.17, 15) is 15.0 Å². The van der Waals surface area contributed by atoms with Gasteiger partial charge in [0, 0.05) is 24.3 Å². The number of aliphatic hydroxyl groups is 1. The van der Waals surface area contributed by atoms with E-state index in [0.717, 1.165) is 17.7 Å². The van der Waals surface area contributed by atoms with Crippen LogP contribution in [0.3, 0.4) is 0 Å². The molecule has 0 aliphatic carbocycles. The van der Waals surface area contributed by atoms with Gasteiger partial charge in [0.15, 0.2) is 0 Å². The van der Waals surface area contributed by atoms with Crippen LogP contribution < -0.4 is 5.32 Å². The molecular formula is C24H29N3O3. The molecule has 0 amide bonds. The number of rotatable bonds is 8. The molecule has 0 radical (unpaired) electrons. The van der Waals surface area contributed by atoms with Gasteiger partial charge in [-0.15, -0.1) is 0 Å². The molecule has 0 aromatic heterocycles. The van der Waals surface area contributed by atoms with Gasteiger partial charge in [-0.25, -0.2) is 0 Å². The number of hydrogen-bond acceptors (Lipinski definition) is 5. The molecule has 158 valence electrons. The Bertz CT molecular complexity index is 885. The van der Waals surface area contributed by atoms with Gasteiger partial charge in [-0.3, -0.25) is 9.69 Å². The molecule has 3 rings (SSSR count). The number of nitrogens with zero attached hydrogens (tertiary/aromatic N) is 2. The maximum Gasteiger partial charge on any atom is 0.304 e. The van der Waals surface area contributed by atoms with Gasteiger partial charge in [0.05, 0.1) is 29.7 Å². The lowest BCUT2D eigenvalue weighted by molar-refractivity contribution is -0.139. The second-order valence-corrected chi connectivity index (χ2v) is 8.51. The Kier molecular flexibility index (Phi) is 6.76. The fraction of sp³-hybridized carbons (Fsp3) is 0.417. The van der Waals surface area contributed by atoms with E-state index in [-0.39, 0.29) is 24.5 Å². The third-order valence-corrected chi connectivity index (χ3v) is 5.72. The number of nitrogens with one attached hydrogen (secondary N) is 1. The summed E-state index contributed by atoms with van der Waals surface area (Å²) in [5.41, 5.74) is 1.54. The molecule has 1 aliphatic heterocycles. The van der Waals surface area contributed by atoms with Crippen molar-refractivity contribution in [1.82, 2.24) is 4.90 Å². The highest BCUT2D eigenvalue weighted by molar-refractivity contribution is 5.67. The molecule has 1 fully saturated rings. The van der Waals surface area contributed by atoms with Crippen molar-refractivity contribution in [1.29, 1.82) is 5.26 Å². The van der Waals surface area contributed by atoms with Crippen LogP contribution in [0, 0.1) is 11.3 Å². The Hall–Kier alpha value is -2.88. The number of carboxylic acid groups (broad SMARTS) is 1. The van der Waals surface area contributed by atoms with Gasteiger partial charge < -0.3 is 15.5 Å². The van der Waals surface area contributed by atoms with E-state index >= 15 is 0 Å². The first-order valence-corrected chi connectivity index (χ1v) is 10.3.